The summed E-state index contributed by atoms with van der Waals surface area (Å²) in [5.74, 6) is -2.06. The zero-order valence-corrected chi connectivity index (χ0v) is 20.2. The van der Waals surface area contributed by atoms with E-state index >= 15 is 0 Å². The topological polar surface area (TPSA) is 90.3 Å². The van der Waals surface area contributed by atoms with Gasteiger partial charge in [0, 0.05) is 35.7 Å². The van der Waals surface area contributed by atoms with Crippen LogP contribution in [0.15, 0.2) is 52.5 Å². The Bertz CT molecular complexity index is 1080. The standard InChI is InChI=1S/C24H24BrClN2O5/c25-16-4-7-19(29)18(14-16)22(30)20-21(15-2-5-17(26)6-3-15)28(24(32)23(20)31)9-1-8-27-10-12-33-13-11-27/h2-7,14,21,29-30H,1,8-13H2. The first kappa shape index (κ1) is 23.8. The van der Waals surface area contributed by atoms with Crippen LogP contribution in [0.5, 0.6) is 5.75 Å². The van der Waals surface area contributed by atoms with E-state index in [1.807, 2.05) is 0 Å². The van der Waals surface area contributed by atoms with Crippen molar-refractivity contribution in [2.75, 3.05) is 39.4 Å². The van der Waals surface area contributed by atoms with E-state index in [-0.39, 0.29) is 16.9 Å². The Morgan fingerprint density at radius 2 is 1.79 bits per heavy atom. The van der Waals surface area contributed by atoms with Crippen LogP contribution in [0.4, 0.5) is 0 Å². The highest BCUT2D eigenvalue weighted by atomic mass is 79.9. The molecule has 0 spiro atoms. The van der Waals surface area contributed by atoms with Crippen molar-refractivity contribution in [1.82, 2.24) is 9.80 Å². The van der Waals surface area contributed by atoms with Gasteiger partial charge < -0.3 is 19.8 Å². The van der Waals surface area contributed by atoms with Crippen LogP contribution in [0.25, 0.3) is 5.76 Å². The highest BCUT2D eigenvalue weighted by Crippen LogP contribution is 2.41. The predicted molar refractivity (Wildman–Crippen MR) is 128 cm³/mol. The number of halogens is 2. The van der Waals surface area contributed by atoms with Crippen molar-refractivity contribution >= 4 is 45.0 Å². The van der Waals surface area contributed by atoms with Crippen molar-refractivity contribution in [2.24, 2.45) is 0 Å². The van der Waals surface area contributed by atoms with Gasteiger partial charge in [0.2, 0.25) is 0 Å². The maximum atomic E-state index is 13.1. The molecule has 0 bridgehead atoms. The number of ketones is 1. The Labute approximate surface area is 205 Å². The summed E-state index contributed by atoms with van der Waals surface area (Å²) in [4.78, 5) is 29.9. The summed E-state index contributed by atoms with van der Waals surface area (Å²) in [6.07, 6.45) is 0.666. The molecule has 174 valence electrons. The number of aliphatic hydroxyl groups excluding tert-OH is 1. The van der Waals surface area contributed by atoms with Gasteiger partial charge in [-0.1, -0.05) is 39.7 Å². The number of phenols is 1. The van der Waals surface area contributed by atoms with Crippen LogP contribution in [0.2, 0.25) is 5.02 Å². The minimum atomic E-state index is -0.787. The molecule has 2 saturated heterocycles. The first-order valence-electron chi connectivity index (χ1n) is 10.7. The number of aromatic hydroxyl groups is 1. The smallest absolute Gasteiger partial charge is 0.295 e. The van der Waals surface area contributed by atoms with E-state index in [0.717, 1.165) is 19.6 Å². The Morgan fingerprint density at radius 1 is 1.09 bits per heavy atom. The number of hydrogen-bond donors (Lipinski definition) is 2. The third-order valence-corrected chi connectivity index (χ3v) is 6.66. The fraction of sp³-hybridized carbons (Fsp3) is 0.333. The highest BCUT2D eigenvalue weighted by molar-refractivity contribution is 9.10. The number of hydrogen-bond acceptors (Lipinski definition) is 6. The van der Waals surface area contributed by atoms with E-state index in [2.05, 4.69) is 20.8 Å². The summed E-state index contributed by atoms with van der Waals surface area (Å²) >= 11 is 9.37. The molecule has 2 heterocycles. The molecule has 0 aromatic heterocycles. The van der Waals surface area contributed by atoms with E-state index in [4.69, 9.17) is 16.3 Å². The average molecular weight is 536 g/mol. The average Bonchev–Trinajstić information content (AvgIpc) is 3.06. The predicted octanol–water partition coefficient (Wildman–Crippen LogP) is 3.95. The van der Waals surface area contributed by atoms with Crippen molar-refractivity contribution < 1.29 is 24.5 Å². The zero-order valence-electron chi connectivity index (χ0n) is 17.8. The number of morpholine rings is 1. The van der Waals surface area contributed by atoms with Gasteiger partial charge >= 0.3 is 0 Å². The second-order valence-corrected chi connectivity index (χ2v) is 9.37. The molecule has 2 aliphatic rings. The molecule has 0 saturated carbocycles. The number of carbonyl (C=O) groups excluding carboxylic acids is 2. The Hall–Kier alpha value is -2.39. The molecule has 7 nitrogen and oxygen atoms in total. The molecule has 33 heavy (non-hydrogen) atoms. The lowest BCUT2D eigenvalue weighted by Crippen LogP contribution is -2.38. The molecule has 0 aliphatic carbocycles. The first-order chi connectivity index (χ1) is 15.9. The van der Waals surface area contributed by atoms with Gasteiger partial charge in [-0.25, -0.2) is 0 Å². The molecule has 2 aliphatic heterocycles. The summed E-state index contributed by atoms with van der Waals surface area (Å²) in [6.45, 7) is 4.16. The number of benzene rings is 2. The maximum absolute atomic E-state index is 13.1. The lowest BCUT2D eigenvalue weighted by molar-refractivity contribution is -0.140. The maximum Gasteiger partial charge on any atom is 0.295 e. The number of amides is 1. The van der Waals surface area contributed by atoms with Crippen LogP contribution >= 0.6 is 27.5 Å². The summed E-state index contributed by atoms with van der Waals surface area (Å²) < 4.78 is 5.99. The summed E-state index contributed by atoms with van der Waals surface area (Å²) in [5, 5.41) is 21.9. The van der Waals surface area contributed by atoms with Gasteiger partial charge in [-0.05, 0) is 42.3 Å². The number of aliphatic hydroxyl groups is 1. The molecule has 2 aromatic carbocycles. The van der Waals surface area contributed by atoms with Gasteiger partial charge in [-0.3, -0.25) is 14.5 Å². The molecule has 1 atom stereocenters. The Balaban J connectivity index is 1.70. The third-order valence-electron chi connectivity index (χ3n) is 5.92. The number of rotatable bonds is 6. The second-order valence-electron chi connectivity index (χ2n) is 8.01. The largest absolute Gasteiger partial charge is 0.507 e. The molecular formula is C24H24BrClN2O5. The van der Waals surface area contributed by atoms with E-state index in [1.54, 1.807) is 30.3 Å². The van der Waals surface area contributed by atoms with E-state index in [1.165, 1.54) is 17.0 Å². The van der Waals surface area contributed by atoms with Gasteiger partial charge in [-0.2, -0.15) is 0 Å². The van der Waals surface area contributed by atoms with Gasteiger partial charge in [0.1, 0.15) is 11.5 Å². The van der Waals surface area contributed by atoms with Gasteiger partial charge in [0.25, 0.3) is 11.7 Å². The Morgan fingerprint density at radius 3 is 2.48 bits per heavy atom. The minimum Gasteiger partial charge on any atom is -0.507 e. The minimum absolute atomic E-state index is 0.0536. The molecule has 2 N–H and O–H groups in total. The molecule has 1 unspecified atom stereocenters. The van der Waals surface area contributed by atoms with Crippen molar-refractivity contribution in [3.63, 3.8) is 0 Å². The Kier molecular flexibility index (Phi) is 7.38. The quantitative estimate of drug-likeness (QED) is 0.331. The number of carbonyl (C=O) groups is 2. The fourth-order valence-corrected chi connectivity index (χ4v) is 4.72. The zero-order chi connectivity index (χ0) is 23.5. The van der Waals surface area contributed by atoms with Gasteiger partial charge in [0.15, 0.2) is 0 Å². The van der Waals surface area contributed by atoms with Crippen LogP contribution in [0.3, 0.4) is 0 Å². The van der Waals surface area contributed by atoms with Crippen molar-refractivity contribution in [3.8, 4) is 5.75 Å². The normalized spacial score (nSPS) is 21.0. The molecular weight excluding hydrogens is 512 g/mol. The van der Waals surface area contributed by atoms with Crippen LogP contribution < -0.4 is 0 Å². The highest BCUT2D eigenvalue weighted by Gasteiger charge is 2.46. The fourth-order valence-electron chi connectivity index (χ4n) is 4.23. The van der Waals surface area contributed by atoms with Crippen LogP contribution in [-0.4, -0.2) is 71.1 Å². The summed E-state index contributed by atoms with van der Waals surface area (Å²) in [7, 11) is 0. The van der Waals surface area contributed by atoms with E-state index < -0.39 is 23.5 Å². The molecule has 9 heteroatoms. The van der Waals surface area contributed by atoms with E-state index in [0.29, 0.717) is 41.2 Å². The molecule has 2 aromatic rings. The summed E-state index contributed by atoms with van der Waals surface area (Å²) in [5.41, 5.74) is 0.678. The molecule has 0 radical (unpaired) electrons. The van der Waals surface area contributed by atoms with E-state index in [9.17, 15) is 19.8 Å². The molecule has 1 amide bonds. The van der Waals surface area contributed by atoms with Crippen LogP contribution in [0, 0.1) is 0 Å². The summed E-state index contributed by atoms with van der Waals surface area (Å²) in [6, 6.07) is 10.6. The van der Waals surface area contributed by atoms with Crippen molar-refractivity contribution in [2.45, 2.75) is 12.5 Å². The van der Waals surface area contributed by atoms with Crippen molar-refractivity contribution in [3.05, 3.63) is 68.7 Å². The molecule has 2 fully saturated rings. The van der Waals surface area contributed by atoms with Gasteiger partial charge in [0.05, 0.1) is 30.4 Å². The van der Waals surface area contributed by atoms with Crippen LogP contribution in [-0.2, 0) is 14.3 Å². The molecule has 4 rings (SSSR count). The number of nitrogens with zero attached hydrogens (tertiary/aromatic N) is 2. The third kappa shape index (κ3) is 5.09. The monoisotopic (exact) mass is 534 g/mol. The second kappa shape index (κ2) is 10.3. The number of phenolic OH excluding ortho intramolecular Hbond substituents is 1. The lowest BCUT2D eigenvalue weighted by Gasteiger charge is -2.29. The first-order valence-corrected chi connectivity index (χ1v) is 11.9. The van der Waals surface area contributed by atoms with Crippen molar-refractivity contribution in [1.29, 1.82) is 0 Å². The lowest BCUT2D eigenvalue weighted by atomic mass is 9.95. The number of ether oxygens (including phenoxy) is 1. The SMILES string of the molecule is O=C1C(=O)N(CCCN2CCOCC2)C(c2ccc(Cl)cc2)C1=C(O)c1cc(Br)ccc1O. The van der Waals surface area contributed by atoms with Gasteiger partial charge in [-0.15, -0.1) is 0 Å². The number of likely N-dealkylation sites (tertiary alicyclic amines) is 1. The number of Topliss-reactive ketones (excluding diaryl/α,β-unsaturated/α-hetero) is 1. The van der Waals surface area contributed by atoms with Crippen LogP contribution in [0.1, 0.15) is 23.6 Å².